The zero-order valence-corrected chi connectivity index (χ0v) is 15.8. The Morgan fingerprint density at radius 2 is 1.39 bits per heavy atom. The normalized spacial score (nSPS) is 12.6. The van der Waals surface area contributed by atoms with Crippen molar-refractivity contribution < 1.29 is 31.3 Å². The van der Waals surface area contributed by atoms with Gasteiger partial charge in [0.1, 0.15) is 22.2 Å². The van der Waals surface area contributed by atoms with E-state index in [2.05, 4.69) is 5.32 Å². The Morgan fingerprint density at radius 1 is 0.871 bits per heavy atom. The molecule has 0 saturated heterocycles. The van der Waals surface area contributed by atoms with E-state index in [0.717, 1.165) is 24.3 Å². The van der Waals surface area contributed by atoms with Crippen molar-refractivity contribution >= 4 is 68.3 Å². The van der Waals surface area contributed by atoms with Crippen molar-refractivity contribution in [1.29, 1.82) is 0 Å². The van der Waals surface area contributed by atoms with Gasteiger partial charge >= 0.3 is 29.6 Å². The Labute approximate surface area is 197 Å². The molecule has 3 aromatic rings. The zero-order valence-electron chi connectivity index (χ0n) is 14.9. The summed E-state index contributed by atoms with van der Waals surface area (Å²) in [4.78, 5) is 25.2. The number of anilines is 3. The van der Waals surface area contributed by atoms with Gasteiger partial charge in [-0.05, 0) is 18.2 Å². The SMILES string of the molecule is Nc1c(S(=O)(=O)O)cc(Nc2c(F)cccc2F)c2c1C(=O)c1ccccc1C2=O.[NaH]. The average Bonchev–Trinajstić information content (AvgIpc) is 2.68. The van der Waals surface area contributed by atoms with Gasteiger partial charge in [0.05, 0.1) is 22.5 Å². The summed E-state index contributed by atoms with van der Waals surface area (Å²) in [5.41, 5.74) is 3.29. The van der Waals surface area contributed by atoms with E-state index in [-0.39, 0.29) is 46.2 Å². The quantitative estimate of drug-likeness (QED) is 0.247. The fourth-order valence-electron chi connectivity index (χ4n) is 3.36. The molecule has 0 bridgehead atoms. The fourth-order valence-corrected chi connectivity index (χ4v) is 4.00. The Kier molecular flexibility index (Phi) is 6.05. The van der Waals surface area contributed by atoms with Crippen LogP contribution in [0.1, 0.15) is 31.8 Å². The zero-order chi connectivity index (χ0) is 21.8. The number of carbonyl (C=O) groups excluding carboxylic acids is 2. The first kappa shape index (κ1) is 23.0. The van der Waals surface area contributed by atoms with Crippen LogP contribution in [-0.4, -0.2) is 54.1 Å². The molecule has 31 heavy (non-hydrogen) atoms. The van der Waals surface area contributed by atoms with E-state index in [1.54, 1.807) is 0 Å². The molecule has 11 heteroatoms. The van der Waals surface area contributed by atoms with Crippen LogP contribution in [0.2, 0.25) is 0 Å². The van der Waals surface area contributed by atoms with Crippen LogP contribution >= 0.6 is 0 Å². The van der Waals surface area contributed by atoms with E-state index in [0.29, 0.717) is 0 Å². The molecule has 7 nitrogen and oxygen atoms in total. The van der Waals surface area contributed by atoms with Gasteiger partial charge in [-0.3, -0.25) is 14.1 Å². The first-order valence-electron chi connectivity index (χ1n) is 8.44. The van der Waals surface area contributed by atoms with Gasteiger partial charge in [0.2, 0.25) is 0 Å². The Morgan fingerprint density at radius 3 is 1.90 bits per heavy atom. The maximum absolute atomic E-state index is 14.1. The molecule has 154 valence electrons. The second-order valence-corrected chi connectivity index (χ2v) is 7.88. The predicted molar refractivity (Wildman–Crippen MR) is 111 cm³/mol. The summed E-state index contributed by atoms with van der Waals surface area (Å²) in [6.07, 6.45) is 0. The van der Waals surface area contributed by atoms with Gasteiger partial charge in [0.25, 0.3) is 10.1 Å². The third-order valence-corrected chi connectivity index (χ3v) is 5.59. The number of halogens is 2. The van der Waals surface area contributed by atoms with Crippen LogP contribution in [0.5, 0.6) is 0 Å². The number of benzene rings is 3. The van der Waals surface area contributed by atoms with Gasteiger partial charge in [-0.15, -0.1) is 0 Å². The van der Waals surface area contributed by atoms with Gasteiger partial charge in [0.15, 0.2) is 11.6 Å². The van der Waals surface area contributed by atoms with E-state index in [1.807, 2.05) is 0 Å². The van der Waals surface area contributed by atoms with Crippen LogP contribution in [-0.2, 0) is 10.1 Å². The first-order valence-corrected chi connectivity index (χ1v) is 9.88. The van der Waals surface area contributed by atoms with E-state index in [4.69, 9.17) is 5.73 Å². The number of hydrogen-bond donors (Lipinski definition) is 3. The number of fused-ring (bicyclic) bond motifs is 2. The molecule has 0 saturated carbocycles. The molecule has 0 amide bonds. The first-order chi connectivity index (χ1) is 14.1. The molecule has 1 aliphatic rings. The summed E-state index contributed by atoms with van der Waals surface area (Å²) in [5.74, 6) is -3.51. The minimum absolute atomic E-state index is 0. The molecule has 0 fully saturated rings. The number of carbonyl (C=O) groups is 2. The van der Waals surface area contributed by atoms with Crippen molar-refractivity contribution in [3.8, 4) is 0 Å². The number of ketones is 2. The molecule has 0 radical (unpaired) electrons. The van der Waals surface area contributed by atoms with Crippen LogP contribution in [0.15, 0.2) is 53.4 Å². The second-order valence-electron chi connectivity index (χ2n) is 6.49. The maximum atomic E-state index is 14.1. The van der Waals surface area contributed by atoms with E-state index in [1.165, 1.54) is 24.3 Å². The molecule has 4 rings (SSSR count). The van der Waals surface area contributed by atoms with Crippen LogP contribution in [0, 0.1) is 11.6 Å². The standard InChI is InChI=1S/C20H12F2N2O5S.Na.H/c21-11-6-3-7-12(22)18(11)24-13-8-14(30(27,28)29)17(23)16-15(13)19(25)9-4-1-2-5-10(9)20(16)26;;/h1-8,24H,23H2,(H,27,28,29);;. The molecule has 0 atom stereocenters. The van der Waals surface area contributed by atoms with E-state index < -0.39 is 60.8 Å². The molecule has 0 aromatic heterocycles. The topological polar surface area (TPSA) is 127 Å². The monoisotopic (exact) mass is 454 g/mol. The Balaban J connectivity index is 0.00000272. The third-order valence-electron chi connectivity index (χ3n) is 4.70. The third kappa shape index (κ3) is 3.77. The van der Waals surface area contributed by atoms with Crippen molar-refractivity contribution in [2.24, 2.45) is 0 Å². The van der Waals surface area contributed by atoms with Crippen molar-refractivity contribution in [2.45, 2.75) is 4.90 Å². The summed E-state index contributed by atoms with van der Waals surface area (Å²) in [7, 11) is -4.94. The Hall–Kier alpha value is -2.63. The molecule has 0 spiro atoms. The summed E-state index contributed by atoms with van der Waals surface area (Å²) in [6, 6.07) is 9.54. The Bertz CT molecular complexity index is 1360. The number of nitrogens with two attached hydrogens (primary N) is 1. The van der Waals surface area contributed by atoms with Gasteiger partial charge in [0, 0.05) is 11.1 Å². The predicted octanol–water partition coefficient (Wildman–Crippen LogP) is 2.66. The van der Waals surface area contributed by atoms with E-state index >= 15 is 0 Å². The van der Waals surface area contributed by atoms with Crippen molar-refractivity contribution in [3.05, 3.63) is 82.4 Å². The van der Waals surface area contributed by atoms with Gasteiger partial charge in [-0.25, -0.2) is 8.78 Å². The van der Waals surface area contributed by atoms with E-state index in [9.17, 15) is 31.3 Å². The van der Waals surface area contributed by atoms with Crippen molar-refractivity contribution in [3.63, 3.8) is 0 Å². The van der Waals surface area contributed by atoms with Crippen LogP contribution < -0.4 is 11.1 Å². The molecular weight excluding hydrogens is 441 g/mol. The number of hydrogen-bond acceptors (Lipinski definition) is 6. The minimum atomic E-state index is -4.94. The van der Waals surface area contributed by atoms with Gasteiger partial charge in [-0.2, -0.15) is 8.42 Å². The van der Waals surface area contributed by atoms with Crippen molar-refractivity contribution in [1.82, 2.24) is 0 Å². The van der Waals surface area contributed by atoms with Crippen LogP contribution in [0.3, 0.4) is 0 Å². The summed E-state index contributed by atoms with van der Waals surface area (Å²) in [6.45, 7) is 0. The number of rotatable bonds is 3. The average molecular weight is 454 g/mol. The molecular formula is C20H13F2N2NaO5S. The molecule has 0 heterocycles. The molecule has 1 aliphatic carbocycles. The number of nitrogen functional groups attached to an aromatic ring is 1. The molecule has 0 aliphatic heterocycles. The second kappa shape index (κ2) is 8.13. The van der Waals surface area contributed by atoms with Gasteiger partial charge in [-0.1, -0.05) is 30.3 Å². The van der Waals surface area contributed by atoms with Gasteiger partial charge < -0.3 is 11.1 Å². The molecule has 0 unspecified atom stereocenters. The molecule has 3 aromatic carbocycles. The summed E-state index contributed by atoms with van der Waals surface area (Å²) < 4.78 is 61.5. The van der Waals surface area contributed by atoms with Crippen LogP contribution in [0.25, 0.3) is 0 Å². The summed E-state index contributed by atoms with van der Waals surface area (Å²) in [5, 5.41) is 2.34. The number of para-hydroxylation sites is 1. The van der Waals surface area contributed by atoms with Crippen molar-refractivity contribution in [2.75, 3.05) is 11.1 Å². The van der Waals surface area contributed by atoms with Crippen LogP contribution in [0.4, 0.5) is 25.8 Å². The fraction of sp³-hybridized carbons (Fsp3) is 0. The summed E-state index contributed by atoms with van der Waals surface area (Å²) >= 11 is 0. The number of nitrogens with one attached hydrogen (secondary N) is 1. The molecule has 4 N–H and O–H groups in total.